The second-order valence-electron chi connectivity index (χ2n) is 5.86. The van der Waals surface area contributed by atoms with Gasteiger partial charge in [0.1, 0.15) is 10.6 Å². The summed E-state index contributed by atoms with van der Waals surface area (Å²) in [6.07, 6.45) is -4.70. The Balaban J connectivity index is 2.48. The molecule has 2 aromatic carbocycles. The molecule has 0 radical (unpaired) electrons. The minimum absolute atomic E-state index is 0.0576. The Kier molecular flexibility index (Phi) is 5.77. The summed E-state index contributed by atoms with van der Waals surface area (Å²) in [5.74, 6) is 0.147. The number of nitrogens with one attached hydrogen (secondary N) is 1. The maximum Gasteiger partial charge on any atom is 0.417 e. The topological polar surface area (TPSA) is 55.4 Å². The largest absolute Gasteiger partial charge is 0.495 e. The van der Waals surface area contributed by atoms with Crippen LogP contribution in [-0.4, -0.2) is 15.5 Å². The maximum atomic E-state index is 13.0. The van der Waals surface area contributed by atoms with Crippen molar-refractivity contribution in [2.24, 2.45) is 0 Å². The summed E-state index contributed by atoms with van der Waals surface area (Å²) in [5.41, 5.74) is -0.626. The van der Waals surface area contributed by atoms with Crippen LogP contribution in [0.3, 0.4) is 0 Å². The van der Waals surface area contributed by atoms with E-state index in [2.05, 4.69) is 4.72 Å². The van der Waals surface area contributed by atoms with Crippen molar-refractivity contribution in [3.63, 3.8) is 0 Å². The summed E-state index contributed by atoms with van der Waals surface area (Å²) in [7, 11) is -2.86. The SMILES string of the molecule is COc1ccc(C(C)C)cc1S(=O)(=O)Nc1ccc(Cl)c(C(F)(F)F)c1. The normalized spacial score (nSPS) is 12.3. The van der Waals surface area contributed by atoms with Crippen LogP contribution in [0.25, 0.3) is 0 Å². The highest BCUT2D eigenvalue weighted by atomic mass is 35.5. The highest BCUT2D eigenvalue weighted by molar-refractivity contribution is 7.92. The summed E-state index contributed by atoms with van der Waals surface area (Å²) >= 11 is 5.56. The molecule has 0 spiro atoms. The van der Waals surface area contributed by atoms with E-state index in [0.29, 0.717) is 6.07 Å². The second kappa shape index (κ2) is 7.36. The fourth-order valence-electron chi connectivity index (χ4n) is 2.28. The van der Waals surface area contributed by atoms with Crippen molar-refractivity contribution in [2.75, 3.05) is 11.8 Å². The van der Waals surface area contributed by atoms with Crippen LogP contribution in [0.4, 0.5) is 18.9 Å². The van der Waals surface area contributed by atoms with Crippen molar-refractivity contribution in [3.8, 4) is 5.75 Å². The molecule has 4 nitrogen and oxygen atoms in total. The standard InChI is InChI=1S/C17H17ClF3NO3S/c1-10(2)11-4-7-15(25-3)16(8-11)26(23,24)22-12-5-6-14(18)13(9-12)17(19,20)21/h4-10,22H,1-3H3. The van der Waals surface area contributed by atoms with Gasteiger partial charge in [-0.3, -0.25) is 4.72 Å². The van der Waals surface area contributed by atoms with Gasteiger partial charge in [0.05, 0.1) is 17.7 Å². The van der Waals surface area contributed by atoms with Gasteiger partial charge in [0.15, 0.2) is 0 Å². The van der Waals surface area contributed by atoms with E-state index in [9.17, 15) is 21.6 Å². The Morgan fingerprint density at radius 2 is 1.77 bits per heavy atom. The van der Waals surface area contributed by atoms with Crippen molar-refractivity contribution < 1.29 is 26.3 Å². The lowest BCUT2D eigenvalue weighted by molar-refractivity contribution is -0.137. The number of rotatable bonds is 5. The first-order valence-electron chi connectivity index (χ1n) is 7.53. The molecule has 0 saturated carbocycles. The summed E-state index contributed by atoms with van der Waals surface area (Å²) in [4.78, 5) is -0.158. The van der Waals surface area contributed by atoms with Crippen molar-refractivity contribution in [1.82, 2.24) is 0 Å². The molecule has 0 aliphatic rings. The average Bonchev–Trinajstić information content (AvgIpc) is 2.54. The van der Waals surface area contributed by atoms with E-state index in [1.807, 2.05) is 13.8 Å². The van der Waals surface area contributed by atoms with Crippen molar-refractivity contribution in [1.29, 1.82) is 0 Å². The molecule has 0 amide bonds. The summed E-state index contributed by atoms with van der Waals surface area (Å²) in [6, 6.07) is 7.47. The zero-order valence-electron chi connectivity index (χ0n) is 14.2. The van der Waals surface area contributed by atoms with E-state index in [1.165, 1.54) is 19.2 Å². The molecule has 0 saturated heterocycles. The average molecular weight is 408 g/mol. The number of anilines is 1. The number of hydrogen-bond acceptors (Lipinski definition) is 3. The van der Waals surface area contributed by atoms with Crippen LogP contribution in [0, 0.1) is 0 Å². The third-order valence-corrected chi connectivity index (χ3v) is 5.40. The molecule has 9 heteroatoms. The lowest BCUT2D eigenvalue weighted by Gasteiger charge is -2.16. The zero-order valence-corrected chi connectivity index (χ0v) is 15.8. The van der Waals surface area contributed by atoms with E-state index >= 15 is 0 Å². The molecule has 0 aromatic heterocycles. The lowest BCUT2D eigenvalue weighted by Crippen LogP contribution is -2.15. The summed E-state index contributed by atoms with van der Waals surface area (Å²) < 4.78 is 71.5. The molecule has 26 heavy (non-hydrogen) atoms. The zero-order chi connectivity index (χ0) is 19.7. The van der Waals surface area contributed by atoms with Crippen LogP contribution < -0.4 is 9.46 Å². The van der Waals surface area contributed by atoms with Gasteiger partial charge in [-0.05, 0) is 41.8 Å². The molecule has 0 unspecified atom stereocenters. The molecule has 0 atom stereocenters. The number of benzene rings is 2. The van der Waals surface area contributed by atoms with Crippen LogP contribution in [0.15, 0.2) is 41.3 Å². The van der Waals surface area contributed by atoms with Gasteiger partial charge in [0, 0.05) is 5.69 Å². The van der Waals surface area contributed by atoms with E-state index in [1.54, 1.807) is 6.07 Å². The number of ether oxygens (including phenoxy) is 1. The molecule has 0 aliphatic carbocycles. The van der Waals surface area contributed by atoms with Crippen molar-refractivity contribution >= 4 is 27.3 Å². The Morgan fingerprint density at radius 3 is 2.31 bits per heavy atom. The Bertz CT molecular complexity index is 912. The van der Waals surface area contributed by atoms with Gasteiger partial charge >= 0.3 is 6.18 Å². The fourth-order valence-corrected chi connectivity index (χ4v) is 3.76. The smallest absolute Gasteiger partial charge is 0.417 e. The number of halogens is 4. The van der Waals surface area contributed by atoms with Gasteiger partial charge in [0.25, 0.3) is 10.0 Å². The van der Waals surface area contributed by atoms with Gasteiger partial charge in [-0.15, -0.1) is 0 Å². The van der Waals surface area contributed by atoms with Crippen molar-refractivity contribution in [2.45, 2.75) is 30.8 Å². The highest BCUT2D eigenvalue weighted by Crippen LogP contribution is 2.37. The Morgan fingerprint density at radius 1 is 1.12 bits per heavy atom. The van der Waals surface area contributed by atoms with Gasteiger partial charge in [0.2, 0.25) is 0 Å². The minimum Gasteiger partial charge on any atom is -0.495 e. The molecule has 142 valence electrons. The van der Waals surface area contributed by atoms with Gasteiger partial charge in [-0.2, -0.15) is 13.2 Å². The summed E-state index contributed by atoms with van der Waals surface area (Å²) in [6.45, 7) is 3.78. The number of sulfonamides is 1. The minimum atomic E-state index is -4.70. The molecule has 0 aliphatic heterocycles. The van der Waals surface area contributed by atoms with Crippen LogP contribution in [0.1, 0.15) is 30.9 Å². The Labute approximate surface area is 155 Å². The highest BCUT2D eigenvalue weighted by Gasteiger charge is 2.34. The number of hydrogen-bond donors (Lipinski definition) is 1. The van der Waals surface area contributed by atoms with Crippen LogP contribution in [0.2, 0.25) is 5.02 Å². The molecule has 2 rings (SSSR count). The first-order chi connectivity index (χ1) is 12.0. The summed E-state index contributed by atoms with van der Waals surface area (Å²) in [5, 5.41) is -0.514. The first-order valence-corrected chi connectivity index (χ1v) is 9.39. The molecular formula is C17H17ClF3NO3S. The fraction of sp³-hybridized carbons (Fsp3) is 0.294. The number of methoxy groups -OCH3 is 1. The van der Waals surface area contributed by atoms with Crippen LogP contribution in [0.5, 0.6) is 5.75 Å². The molecule has 2 aromatic rings. The van der Waals surface area contributed by atoms with Crippen molar-refractivity contribution in [3.05, 3.63) is 52.5 Å². The van der Waals surface area contributed by atoms with E-state index in [0.717, 1.165) is 17.7 Å². The molecule has 0 heterocycles. The van der Waals surface area contributed by atoms with Crippen LogP contribution in [-0.2, 0) is 16.2 Å². The van der Waals surface area contributed by atoms with E-state index in [4.69, 9.17) is 16.3 Å². The van der Waals surface area contributed by atoms with Gasteiger partial charge in [-0.1, -0.05) is 31.5 Å². The maximum absolute atomic E-state index is 13.0. The predicted octanol–water partition coefficient (Wildman–Crippen LogP) is 5.29. The molecule has 0 bridgehead atoms. The Hall–Kier alpha value is -1.93. The third kappa shape index (κ3) is 4.42. The predicted molar refractivity (Wildman–Crippen MR) is 94.3 cm³/mol. The van der Waals surface area contributed by atoms with Gasteiger partial charge in [-0.25, -0.2) is 8.42 Å². The quantitative estimate of drug-likeness (QED) is 0.732. The third-order valence-electron chi connectivity index (χ3n) is 3.67. The monoisotopic (exact) mass is 407 g/mol. The van der Waals surface area contributed by atoms with E-state index < -0.39 is 26.8 Å². The number of alkyl halides is 3. The lowest BCUT2D eigenvalue weighted by atomic mass is 10.0. The molecule has 1 N–H and O–H groups in total. The van der Waals surface area contributed by atoms with E-state index in [-0.39, 0.29) is 22.3 Å². The molecule has 0 fully saturated rings. The van der Waals surface area contributed by atoms with Gasteiger partial charge < -0.3 is 4.74 Å². The first kappa shape index (κ1) is 20.4. The molecular weight excluding hydrogens is 391 g/mol. The second-order valence-corrected chi connectivity index (χ2v) is 7.92. The van der Waals surface area contributed by atoms with Crippen LogP contribution >= 0.6 is 11.6 Å².